The van der Waals surface area contributed by atoms with Gasteiger partial charge < -0.3 is 5.73 Å². The summed E-state index contributed by atoms with van der Waals surface area (Å²) in [5, 5.41) is 0. The molecule has 2 aromatic rings. The fourth-order valence-corrected chi connectivity index (χ4v) is 3.12. The molecule has 2 aromatic carbocycles. The lowest BCUT2D eigenvalue weighted by molar-refractivity contribution is 0.556. The van der Waals surface area contributed by atoms with E-state index in [-0.39, 0.29) is 18.7 Å². The van der Waals surface area contributed by atoms with Gasteiger partial charge in [-0.1, -0.05) is 24.3 Å². The molecule has 0 saturated carbocycles. The predicted molar refractivity (Wildman–Crippen MR) is 76.1 cm³/mol. The van der Waals surface area contributed by atoms with Crippen molar-refractivity contribution < 1.29 is 17.2 Å². The smallest absolute Gasteiger partial charge is 0.245 e. The fourth-order valence-electron chi connectivity index (χ4n) is 1.90. The van der Waals surface area contributed by atoms with Crippen LogP contribution in [0.5, 0.6) is 0 Å². The topological polar surface area (TPSA) is 72.2 Å². The molecule has 0 heterocycles. The van der Waals surface area contributed by atoms with E-state index in [1.807, 2.05) is 0 Å². The first-order valence-electron chi connectivity index (χ1n) is 6.19. The molecule has 0 aliphatic heterocycles. The van der Waals surface area contributed by atoms with Crippen molar-refractivity contribution in [2.75, 3.05) is 12.3 Å². The molecule has 4 nitrogen and oxygen atoms in total. The van der Waals surface area contributed by atoms with Crippen LogP contribution in [0.3, 0.4) is 0 Å². The Morgan fingerprint density at radius 2 is 1.67 bits per heavy atom. The molecule has 0 bridgehead atoms. The summed E-state index contributed by atoms with van der Waals surface area (Å²) in [6, 6.07) is 9.68. The number of hydrogen-bond acceptors (Lipinski definition) is 3. The van der Waals surface area contributed by atoms with Gasteiger partial charge in [-0.05, 0) is 30.2 Å². The van der Waals surface area contributed by atoms with Gasteiger partial charge in [0, 0.05) is 6.54 Å². The van der Waals surface area contributed by atoms with Crippen molar-refractivity contribution in [1.82, 2.24) is 4.72 Å². The Morgan fingerprint density at radius 3 is 2.33 bits per heavy atom. The maximum Gasteiger partial charge on any atom is 0.245 e. The maximum atomic E-state index is 13.6. The molecular weight excluding hydrogens is 298 g/mol. The average Bonchev–Trinajstić information content (AvgIpc) is 2.40. The summed E-state index contributed by atoms with van der Waals surface area (Å²) in [4.78, 5) is -0.585. The number of sulfonamides is 1. The molecule has 0 amide bonds. The van der Waals surface area contributed by atoms with Crippen LogP contribution in [0.25, 0.3) is 0 Å². The molecule has 0 saturated heterocycles. The van der Waals surface area contributed by atoms with E-state index in [9.17, 15) is 17.2 Å². The van der Waals surface area contributed by atoms with Crippen LogP contribution in [0.2, 0.25) is 0 Å². The van der Waals surface area contributed by atoms with Gasteiger partial charge in [-0.3, -0.25) is 0 Å². The summed E-state index contributed by atoms with van der Waals surface area (Å²) in [6.07, 6.45) is 0.153. The lowest BCUT2D eigenvalue weighted by Gasteiger charge is -2.10. The zero-order valence-electron chi connectivity index (χ0n) is 11.0. The highest BCUT2D eigenvalue weighted by Gasteiger charge is 2.21. The lowest BCUT2D eigenvalue weighted by atomic mass is 10.1. The van der Waals surface area contributed by atoms with Crippen molar-refractivity contribution >= 4 is 15.7 Å². The molecule has 0 radical (unpaired) electrons. The third-order valence-corrected chi connectivity index (χ3v) is 4.46. The number of nitrogens with two attached hydrogens (primary N) is 1. The van der Waals surface area contributed by atoms with Crippen LogP contribution in [-0.4, -0.2) is 15.0 Å². The van der Waals surface area contributed by atoms with Crippen molar-refractivity contribution in [2.24, 2.45) is 0 Å². The highest BCUT2D eigenvalue weighted by molar-refractivity contribution is 7.89. The average molecular weight is 312 g/mol. The standard InChI is InChI=1S/C14H14F2N2O2S/c15-11-5-2-1-4-10(11)8-9-18-21(19,20)14-12(16)6-3-7-13(14)17/h1-7,18H,8-9,17H2. The number of nitrogen functional groups attached to an aromatic ring is 1. The molecule has 0 aliphatic carbocycles. The van der Waals surface area contributed by atoms with Crippen LogP contribution in [0.4, 0.5) is 14.5 Å². The van der Waals surface area contributed by atoms with E-state index in [2.05, 4.69) is 4.72 Å². The Morgan fingerprint density at radius 1 is 1.00 bits per heavy atom. The summed E-state index contributed by atoms with van der Waals surface area (Å²) in [5.74, 6) is -1.34. The molecule has 2 rings (SSSR count). The van der Waals surface area contributed by atoms with Crippen LogP contribution in [-0.2, 0) is 16.4 Å². The summed E-state index contributed by atoms with van der Waals surface area (Å²) in [6.45, 7) is -0.0585. The van der Waals surface area contributed by atoms with Gasteiger partial charge in [0.1, 0.15) is 16.5 Å². The predicted octanol–water partition coefficient (Wildman–Crippen LogP) is 2.07. The zero-order valence-corrected chi connectivity index (χ0v) is 11.8. The molecule has 21 heavy (non-hydrogen) atoms. The van der Waals surface area contributed by atoms with E-state index in [0.717, 1.165) is 6.07 Å². The first-order chi connectivity index (χ1) is 9.92. The van der Waals surface area contributed by atoms with E-state index in [4.69, 9.17) is 5.73 Å². The molecule has 0 spiro atoms. The molecular formula is C14H14F2N2O2S. The van der Waals surface area contributed by atoms with E-state index in [1.54, 1.807) is 18.2 Å². The maximum absolute atomic E-state index is 13.6. The fraction of sp³-hybridized carbons (Fsp3) is 0.143. The monoisotopic (exact) mass is 312 g/mol. The van der Waals surface area contributed by atoms with E-state index in [0.29, 0.717) is 5.56 Å². The van der Waals surface area contributed by atoms with Crippen molar-refractivity contribution in [3.8, 4) is 0 Å². The second kappa shape index (κ2) is 6.19. The quantitative estimate of drug-likeness (QED) is 0.830. The summed E-state index contributed by atoms with van der Waals surface area (Å²) in [7, 11) is -4.08. The van der Waals surface area contributed by atoms with Crippen LogP contribution >= 0.6 is 0 Å². The van der Waals surface area contributed by atoms with Gasteiger partial charge >= 0.3 is 0 Å². The highest BCUT2D eigenvalue weighted by atomic mass is 32.2. The second-order valence-electron chi connectivity index (χ2n) is 4.40. The Hall–Kier alpha value is -1.99. The third-order valence-electron chi connectivity index (χ3n) is 2.91. The van der Waals surface area contributed by atoms with Gasteiger partial charge in [-0.25, -0.2) is 21.9 Å². The van der Waals surface area contributed by atoms with Gasteiger partial charge in [0.05, 0.1) is 5.69 Å². The SMILES string of the molecule is Nc1cccc(F)c1S(=O)(=O)NCCc1ccccc1F. The van der Waals surface area contributed by atoms with Crippen LogP contribution < -0.4 is 10.5 Å². The van der Waals surface area contributed by atoms with Gasteiger partial charge in [0.25, 0.3) is 0 Å². The van der Waals surface area contributed by atoms with E-state index >= 15 is 0 Å². The van der Waals surface area contributed by atoms with Crippen molar-refractivity contribution in [3.63, 3.8) is 0 Å². The van der Waals surface area contributed by atoms with Gasteiger partial charge in [-0.15, -0.1) is 0 Å². The minimum atomic E-state index is -4.08. The van der Waals surface area contributed by atoms with Crippen molar-refractivity contribution in [3.05, 3.63) is 59.7 Å². The molecule has 0 atom stereocenters. The van der Waals surface area contributed by atoms with Crippen molar-refractivity contribution in [1.29, 1.82) is 0 Å². The van der Waals surface area contributed by atoms with Gasteiger partial charge in [-0.2, -0.15) is 0 Å². The van der Waals surface area contributed by atoms with Crippen LogP contribution in [0.15, 0.2) is 47.4 Å². The molecule has 112 valence electrons. The first-order valence-corrected chi connectivity index (χ1v) is 7.67. The molecule has 3 N–H and O–H groups in total. The van der Waals surface area contributed by atoms with E-state index in [1.165, 1.54) is 18.2 Å². The number of hydrogen-bond donors (Lipinski definition) is 2. The van der Waals surface area contributed by atoms with Crippen LogP contribution in [0, 0.1) is 11.6 Å². The number of halogens is 2. The first kappa shape index (κ1) is 15.4. The minimum absolute atomic E-state index is 0.0585. The third kappa shape index (κ3) is 3.56. The highest BCUT2D eigenvalue weighted by Crippen LogP contribution is 2.21. The molecule has 0 aliphatic rings. The normalized spacial score (nSPS) is 11.5. The summed E-state index contributed by atoms with van der Waals surface area (Å²) in [5.41, 5.74) is 5.70. The Labute approximate surface area is 121 Å². The summed E-state index contributed by atoms with van der Waals surface area (Å²) < 4.78 is 53.3. The molecule has 0 unspecified atom stereocenters. The number of rotatable bonds is 5. The summed E-state index contributed by atoms with van der Waals surface area (Å²) >= 11 is 0. The number of benzene rings is 2. The Kier molecular flexibility index (Phi) is 4.54. The Bertz CT molecular complexity index is 728. The van der Waals surface area contributed by atoms with Crippen LogP contribution in [0.1, 0.15) is 5.56 Å². The molecule has 0 aromatic heterocycles. The lowest BCUT2D eigenvalue weighted by Crippen LogP contribution is -2.27. The second-order valence-corrected chi connectivity index (χ2v) is 6.10. The number of nitrogens with one attached hydrogen (secondary N) is 1. The van der Waals surface area contributed by atoms with Gasteiger partial charge in [0.2, 0.25) is 10.0 Å². The number of anilines is 1. The van der Waals surface area contributed by atoms with Gasteiger partial charge in [0.15, 0.2) is 0 Å². The zero-order chi connectivity index (χ0) is 15.5. The largest absolute Gasteiger partial charge is 0.398 e. The van der Waals surface area contributed by atoms with E-state index < -0.39 is 26.6 Å². The Balaban J connectivity index is 2.11. The van der Waals surface area contributed by atoms with Crippen molar-refractivity contribution in [2.45, 2.75) is 11.3 Å². The molecule has 7 heteroatoms. The molecule has 0 fully saturated rings. The minimum Gasteiger partial charge on any atom is -0.398 e.